The van der Waals surface area contributed by atoms with Crippen LogP contribution < -0.4 is 10.2 Å². The van der Waals surface area contributed by atoms with Crippen LogP contribution in [0, 0.1) is 19.8 Å². The van der Waals surface area contributed by atoms with Crippen molar-refractivity contribution in [1.82, 2.24) is 20.3 Å². The molecule has 0 radical (unpaired) electrons. The summed E-state index contributed by atoms with van der Waals surface area (Å²) in [6.07, 6.45) is 6.98. The van der Waals surface area contributed by atoms with Gasteiger partial charge in [-0.3, -0.25) is 14.8 Å². The molecule has 3 rings (SSSR count). The van der Waals surface area contributed by atoms with Crippen molar-refractivity contribution >= 4 is 11.7 Å². The molecule has 0 aromatic carbocycles. The topological polar surface area (TPSA) is 71.0 Å². The highest BCUT2D eigenvalue weighted by Gasteiger charge is 2.26. The second-order valence-corrected chi connectivity index (χ2v) is 6.26. The molecule has 1 amide bonds. The van der Waals surface area contributed by atoms with Gasteiger partial charge in [-0.05, 0) is 38.3 Å². The highest BCUT2D eigenvalue weighted by atomic mass is 16.1. The van der Waals surface area contributed by atoms with Gasteiger partial charge in [0.15, 0.2) is 0 Å². The van der Waals surface area contributed by atoms with E-state index in [2.05, 4.69) is 25.2 Å². The molecule has 0 saturated carbocycles. The average Bonchev–Trinajstić information content (AvgIpc) is 2.63. The highest BCUT2D eigenvalue weighted by molar-refractivity contribution is 5.79. The molecule has 0 unspecified atom stereocenters. The SMILES string of the molecule is Cc1cnc(C)c(N2CCC(C(=O)NCc3cccnc3)CC2)n1. The number of aryl methyl sites for hydroxylation is 2. The van der Waals surface area contributed by atoms with Crippen LogP contribution in [0.4, 0.5) is 5.82 Å². The Hall–Kier alpha value is -2.50. The number of nitrogens with zero attached hydrogens (tertiary/aromatic N) is 4. The zero-order valence-electron chi connectivity index (χ0n) is 14.2. The van der Waals surface area contributed by atoms with Crippen LogP contribution in [-0.4, -0.2) is 33.9 Å². The average molecular weight is 325 g/mol. The lowest BCUT2D eigenvalue weighted by molar-refractivity contribution is -0.125. The van der Waals surface area contributed by atoms with Crippen LogP contribution in [0.2, 0.25) is 0 Å². The molecule has 2 aromatic heterocycles. The molecule has 1 aliphatic heterocycles. The van der Waals surface area contributed by atoms with Gasteiger partial charge >= 0.3 is 0 Å². The number of anilines is 1. The maximum absolute atomic E-state index is 12.4. The predicted octanol–water partition coefficient (Wildman–Crippen LogP) is 2.02. The smallest absolute Gasteiger partial charge is 0.223 e. The lowest BCUT2D eigenvalue weighted by Crippen LogP contribution is -2.41. The van der Waals surface area contributed by atoms with E-state index in [9.17, 15) is 4.79 Å². The number of hydrogen-bond donors (Lipinski definition) is 1. The number of hydrogen-bond acceptors (Lipinski definition) is 5. The van der Waals surface area contributed by atoms with Crippen LogP contribution in [-0.2, 0) is 11.3 Å². The Morgan fingerprint density at radius 1 is 1.29 bits per heavy atom. The number of nitrogens with one attached hydrogen (secondary N) is 1. The molecule has 0 spiro atoms. The summed E-state index contributed by atoms with van der Waals surface area (Å²) < 4.78 is 0. The van der Waals surface area contributed by atoms with Gasteiger partial charge in [0, 0.05) is 44.1 Å². The lowest BCUT2D eigenvalue weighted by Gasteiger charge is -2.32. The highest BCUT2D eigenvalue weighted by Crippen LogP contribution is 2.24. The minimum absolute atomic E-state index is 0.0657. The third-order valence-corrected chi connectivity index (χ3v) is 4.41. The maximum Gasteiger partial charge on any atom is 0.223 e. The molecule has 126 valence electrons. The summed E-state index contributed by atoms with van der Waals surface area (Å²) >= 11 is 0. The van der Waals surface area contributed by atoms with Crippen LogP contribution in [0.25, 0.3) is 0 Å². The molecular weight excluding hydrogens is 302 g/mol. The van der Waals surface area contributed by atoms with Crippen molar-refractivity contribution in [1.29, 1.82) is 0 Å². The molecule has 1 saturated heterocycles. The van der Waals surface area contributed by atoms with Gasteiger partial charge < -0.3 is 10.2 Å². The number of carbonyl (C=O) groups is 1. The van der Waals surface area contributed by atoms with Crippen molar-refractivity contribution in [3.63, 3.8) is 0 Å². The summed E-state index contributed by atoms with van der Waals surface area (Å²) in [5.41, 5.74) is 2.89. The zero-order chi connectivity index (χ0) is 16.9. The van der Waals surface area contributed by atoms with Gasteiger partial charge in [-0.2, -0.15) is 0 Å². The zero-order valence-corrected chi connectivity index (χ0v) is 14.2. The van der Waals surface area contributed by atoms with Crippen LogP contribution in [0.1, 0.15) is 29.8 Å². The molecule has 0 bridgehead atoms. The molecule has 3 heterocycles. The Labute approximate surface area is 142 Å². The third-order valence-electron chi connectivity index (χ3n) is 4.41. The fraction of sp³-hybridized carbons (Fsp3) is 0.444. The van der Waals surface area contributed by atoms with Crippen molar-refractivity contribution in [3.05, 3.63) is 47.7 Å². The first-order chi connectivity index (χ1) is 11.6. The van der Waals surface area contributed by atoms with E-state index in [0.717, 1.165) is 48.7 Å². The molecule has 1 aliphatic rings. The van der Waals surface area contributed by atoms with E-state index >= 15 is 0 Å². The van der Waals surface area contributed by atoms with Crippen LogP contribution in [0.15, 0.2) is 30.7 Å². The monoisotopic (exact) mass is 325 g/mol. The largest absolute Gasteiger partial charge is 0.355 e. The van der Waals surface area contributed by atoms with Crippen molar-refractivity contribution < 1.29 is 4.79 Å². The number of rotatable bonds is 4. The van der Waals surface area contributed by atoms with Gasteiger partial charge in [0.1, 0.15) is 5.82 Å². The van der Waals surface area contributed by atoms with E-state index in [1.807, 2.05) is 26.0 Å². The van der Waals surface area contributed by atoms with E-state index in [1.165, 1.54) is 0 Å². The first-order valence-corrected chi connectivity index (χ1v) is 8.35. The number of aromatic nitrogens is 3. The number of carbonyl (C=O) groups excluding carboxylic acids is 1. The van der Waals surface area contributed by atoms with E-state index < -0.39 is 0 Å². The molecule has 1 N–H and O–H groups in total. The van der Waals surface area contributed by atoms with E-state index in [0.29, 0.717) is 6.54 Å². The normalized spacial score (nSPS) is 15.3. The minimum Gasteiger partial charge on any atom is -0.355 e. The Balaban J connectivity index is 1.53. The number of amides is 1. The molecule has 2 aromatic rings. The van der Waals surface area contributed by atoms with Crippen molar-refractivity contribution in [2.45, 2.75) is 33.2 Å². The fourth-order valence-electron chi connectivity index (χ4n) is 3.01. The Bertz CT molecular complexity index is 696. The summed E-state index contributed by atoms with van der Waals surface area (Å²) in [6, 6.07) is 3.85. The second kappa shape index (κ2) is 7.38. The minimum atomic E-state index is 0.0657. The third kappa shape index (κ3) is 3.88. The first-order valence-electron chi connectivity index (χ1n) is 8.35. The summed E-state index contributed by atoms with van der Waals surface area (Å²) in [4.78, 5) is 27.6. The quantitative estimate of drug-likeness (QED) is 0.931. The van der Waals surface area contributed by atoms with Crippen LogP contribution in [0.5, 0.6) is 0 Å². The van der Waals surface area contributed by atoms with Gasteiger partial charge in [-0.1, -0.05) is 6.07 Å². The van der Waals surface area contributed by atoms with Crippen LogP contribution >= 0.6 is 0 Å². The summed E-state index contributed by atoms with van der Waals surface area (Å²) in [6.45, 7) is 6.15. The van der Waals surface area contributed by atoms with E-state index in [4.69, 9.17) is 0 Å². The number of piperidine rings is 1. The van der Waals surface area contributed by atoms with Crippen molar-refractivity contribution in [2.24, 2.45) is 5.92 Å². The molecule has 0 aliphatic carbocycles. The number of pyridine rings is 1. The fourth-order valence-corrected chi connectivity index (χ4v) is 3.01. The Kier molecular flexibility index (Phi) is 5.03. The van der Waals surface area contributed by atoms with Crippen molar-refractivity contribution in [2.75, 3.05) is 18.0 Å². The summed E-state index contributed by atoms with van der Waals surface area (Å²) in [7, 11) is 0. The summed E-state index contributed by atoms with van der Waals surface area (Å²) in [5, 5.41) is 3.02. The molecule has 0 atom stereocenters. The second-order valence-electron chi connectivity index (χ2n) is 6.26. The van der Waals surface area contributed by atoms with Gasteiger partial charge in [-0.15, -0.1) is 0 Å². The van der Waals surface area contributed by atoms with E-state index in [-0.39, 0.29) is 11.8 Å². The van der Waals surface area contributed by atoms with Crippen molar-refractivity contribution in [3.8, 4) is 0 Å². The molecule has 6 nitrogen and oxygen atoms in total. The molecule has 1 fully saturated rings. The molecule has 24 heavy (non-hydrogen) atoms. The molecule has 6 heteroatoms. The Morgan fingerprint density at radius 2 is 2.08 bits per heavy atom. The standard InChI is InChI=1S/C18H23N5O/c1-13-10-20-14(2)17(22-13)23-8-5-16(6-9-23)18(24)21-12-15-4-3-7-19-11-15/h3-4,7,10-11,16H,5-6,8-9,12H2,1-2H3,(H,21,24). The molecular formula is C18H23N5O. The van der Waals surface area contributed by atoms with Gasteiger partial charge in [0.2, 0.25) is 5.91 Å². The van der Waals surface area contributed by atoms with Crippen LogP contribution in [0.3, 0.4) is 0 Å². The predicted molar refractivity (Wildman–Crippen MR) is 92.5 cm³/mol. The van der Waals surface area contributed by atoms with Gasteiger partial charge in [0.05, 0.1) is 11.4 Å². The van der Waals surface area contributed by atoms with Gasteiger partial charge in [0.25, 0.3) is 0 Å². The summed E-state index contributed by atoms with van der Waals surface area (Å²) in [5.74, 6) is 1.14. The Morgan fingerprint density at radius 3 is 2.79 bits per heavy atom. The maximum atomic E-state index is 12.4. The van der Waals surface area contributed by atoms with E-state index in [1.54, 1.807) is 18.6 Å². The van der Waals surface area contributed by atoms with Gasteiger partial charge in [-0.25, -0.2) is 4.98 Å². The first kappa shape index (κ1) is 16.4. The lowest BCUT2D eigenvalue weighted by atomic mass is 9.95.